The summed E-state index contributed by atoms with van der Waals surface area (Å²) in [5.74, 6) is 1.32. The first kappa shape index (κ1) is 20.7. The minimum Gasteiger partial charge on any atom is -0.460 e. The zero-order chi connectivity index (χ0) is 19.5. The van der Waals surface area contributed by atoms with Crippen molar-refractivity contribution >= 4 is 11.8 Å². The molecule has 0 aliphatic carbocycles. The maximum Gasteiger partial charge on any atom is 0.309 e. The molecule has 4 nitrogen and oxygen atoms in total. The molecule has 0 saturated carbocycles. The SMILES string of the molecule is CC(CCC(CC(C)(C)C)c1ccnc2c1CCN2)C(=O)OC(C)(C)C. The largest absolute Gasteiger partial charge is 0.460 e. The van der Waals surface area contributed by atoms with E-state index < -0.39 is 5.60 Å². The Balaban J connectivity index is 2.12. The Bertz CT molecular complexity index is 626. The van der Waals surface area contributed by atoms with Crippen molar-refractivity contribution < 1.29 is 9.53 Å². The topological polar surface area (TPSA) is 51.2 Å². The van der Waals surface area contributed by atoms with Crippen LogP contribution in [0.1, 0.15) is 84.8 Å². The van der Waals surface area contributed by atoms with E-state index in [2.05, 4.69) is 37.1 Å². The number of hydrogen-bond acceptors (Lipinski definition) is 4. The molecule has 0 fully saturated rings. The molecule has 0 bridgehead atoms. The van der Waals surface area contributed by atoms with E-state index in [1.807, 2.05) is 33.9 Å². The van der Waals surface area contributed by atoms with Crippen molar-refractivity contribution in [2.24, 2.45) is 11.3 Å². The van der Waals surface area contributed by atoms with Crippen LogP contribution in [0.2, 0.25) is 0 Å². The van der Waals surface area contributed by atoms with Crippen LogP contribution in [0.25, 0.3) is 0 Å². The van der Waals surface area contributed by atoms with Gasteiger partial charge in [-0.1, -0.05) is 27.7 Å². The lowest BCUT2D eigenvalue weighted by molar-refractivity contribution is -0.159. The van der Waals surface area contributed by atoms with Gasteiger partial charge >= 0.3 is 5.97 Å². The average Bonchev–Trinajstić information content (AvgIpc) is 2.96. The van der Waals surface area contributed by atoms with E-state index in [9.17, 15) is 4.79 Å². The highest BCUT2D eigenvalue weighted by atomic mass is 16.6. The van der Waals surface area contributed by atoms with E-state index >= 15 is 0 Å². The fourth-order valence-corrected chi connectivity index (χ4v) is 3.69. The van der Waals surface area contributed by atoms with Gasteiger partial charge in [-0.2, -0.15) is 0 Å². The van der Waals surface area contributed by atoms with Crippen LogP contribution in [-0.2, 0) is 16.0 Å². The van der Waals surface area contributed by atoms with E-state index in [4.69, 9.17) is 4.74 Å². The number of esters is 1. The molecule has 0 spiro atoms. The molecule has 1 aliphatic heterocycles. The number of pyridine rings is 1. The fraction of sp³-hybridized carbons (Fsp3) is 0.727. The number of carbonyl (C=O) groups is 1. The summed E-state index contributed by atoms with van der Waals surface area (Å²) in [6, 6.07) is 2.18. The van der Waals surface area contributed by atoms with Crippen molar-refractivity contribution in [3.05, 3.63) is 23.4 Å². The molecule has 26 heavy (non-hydrogen) atoms. The van der Waals surface area contributed by atoms with Crippen LogP contribution in [0.4, 0.5) is 5.82 Å². The van der Waals surface area contributed by atoms with Gasteiger partial charge in [0, 0.05) is 12.7 Å². The van der Waals surface area contributed by atoms with E-state index in [0.29, 0.717) is 5.92 Å². The predicted molar refractivity (Wildman–Crippen MR) is 107 cm³/mol. The minimum absolute atomic E-state index is 0.0790. The second-order valence-electron chi connectivity index (χ2n) is 9.88. The lowest BCUT2D eigenvalue weighted by Crippen LogP contribution is -2.28. The Labute approximate surface area is 159 Å². The highest BCUT2D eigenvalue weighted by Gasteiger charge is 2.28. The number of ether oxygens (including phenoxy) is 1. The first-order valence-corrected chi connectivity index (χ1v) is 9.91. The van der Waals surface area contributed by atoms with E-state index in [0.717, 1.165) is 38.0 Å². The lowest BCUT2D eigenvalue weighted by atomic mass is 9.77. The van der Waals surface area contributed by atoms with Crippen LogP contribution < -0.4 is 5.32 Å². The van der Waals surface area contributed by atoms with Crippen LogP contribution in [0.5, 0.6) is 0 Å². The number of carbonyl (C=O) groups excluding carboxylic acids is 1. The Hall–Kier alpha value is -1.58. The van der Waals surface area contributed by atoms with Gasteiger partial charge in [-0.3, -0.25) is 4.79 Å². The molecule has 1 aromatic heterocycles. The zero-order valence-electron chi connectivity index (χ0n) is 17.6. The first-order valence-electron chi connectivity index (χ1n) is 9.91. The van der Waals surface area contributed by atoms with Crippen LogP contribution in [0.3, 0.4) is 0 Å². The van der Waals surface area contributed by atoms with Crippen molar-refractivity contribution in [2.45, 2.75) is 85.7 Å². The molecule has 1 aromatic rings. The quantitative estimate of drug-likeness (QED) is 0.697. The minimum atomic E-state index is -0.423. The molecule has 146 valence electrons. The molecule has 0 aromatic carbocycles. The standard InChI is InChI=1S/C22H36N2O2/c1-15(20(25)26-22(5,6)7)8-9-16(14-21(2,3)4)17-10-12-23-19-18(17)11-13-24-19/h10,12,15-16H,8-9,11,13-14H2,1-7H3,(H,23,24). The van der Waals surface area contributed by atoms with E-state index in [1.54, 1.807) is 0 Å². The Morgan fingerprint density at radius 3 is 2.54 bits per heavy atom. The molecule has 0 saturated heterocycles. The summed E-state index contributed by atoms with van der Waals surface area (Å²) < 4.78 is 5.55. The summed E-state index contributed by atoms with van der Waals surface area (Å²) >= 11 is 0. The molecule has 2 atom stereocenters. The summed E-state index contributed by atoms with van der Waals surface area (Å²) in [5, 5.41) is 3.38. The third-order valence-electron chi connectivity index (χ3n) is 4.82. The van der Waals surface area contributed by atoms with Gasteiger partial charge < -0.3 is 10.1 Å². The molecule has 2 rings (SSSR count). The molecular weight excluding hydrogens is 324 g/mol. The molecule has 0 amide bonds. The van der Waals surface area contributed by atoms with Gasteiger partial charge in [-0.05, 0) is 75.0 Å². The number of anilines is 1. The monoisotopic (exact) mass is 360 g/mol. The number of nitrogens with zero attached hydrogens (tertiary/aromatic N) is 1. The van der Waals surface area contributed by atoms with Crippen molar-refractivity contribution in [3.63, 3.8) is 0 Å². The van der Waals surface area contributed by atoms with Gasteiger partial charge in [0.25, 0.3) is 0 Å². The van der Waals surface area contributed by atoms with Gasteiger partial charge in [0.15, 0.2) is 0 Å². The third-order valence-corrected chi connectivity index (χ3v) is 4.82. The lowest BCUT2D eigenvalue weighted by Gasteiger charge is -2.29. The maximum atomic E-state index is 12.3. The van der Waals surface area contributed by atoms with Crippen molar-refractivity contribution in [1.29, 1.82) is 0 Å². The molecule has 1 aliphatic rings. The average molecular weight is 361 g/mol. The molecule has 2 heterocycles. The summed E-state index contributed by atoms with van der Waals surface area (Å²) in [6.45, 7) is 15.6. The second-order valence-corrected chi connectivity index (χ2v) is 9.88. The molecule has 0 radical (unpaired) electrons. The zero-order valence-corrected chi connectivity index (χ0v) is 17.6. The van der Waals surface area contributed by atoms with Crippen LogP contribution in [0, 0.1) is 11.3 Å². The first-order chi connectivity index (χ1) is 12.0. The summed E-state index contributed by atoms with van der Waals surface area (Å²) in [7, 11) is 0. The summed E-state index contributed by atoms with van der Waals surface area (Å²) in [4.78, 5) is 16.8. The Morgan fingerprint density at radius 1 is 1.23 bits per heavy atom. The Kier molecular flexibility index (Phi) is 6.36. The van der Waals surface area contributed by atoms with Gasteiger partial charge in [0.2, 0.25) is 0 Å². The number of rotatable bonds is 6. The van der Waals surface area contributed by atoms with Crippen molar-refractivity contribution in [1.82, 2.24) is 4.98 Å². The van der Waals surface area contributed by atoms with Gasteiger partial charge in [0.05, 0.1) is 5.92 Å². The number of nitrogens with one attached hydrogen (secondary N) is 1. The molecule has 1 N–H and O–H groups in total. The highest BCUT2D eigenvalue weighted by Crippen LogP contribution is 2.39. The number of hydrogen-bond donors (Lipinski definition) is 1. The van der Waals surface area contributed by atoms with Gasteiger partial charge in [-0.25, -0.2) is 4.98 Å². The highest BCUT2D eigenvalue weighted by molar-refractivity contribution is 5.72. The fourth-order valence-electron chi connectivity index (χ4n) is 3.69. The van der Waals surface area contributed by atoms with Gasteiger partial charge in [0.1, 0.15) is 11.4 Å². The number of aromatic nitrogens is 1. The molecule has 2 unspecified atom stereocenters. The number of fused-ring (bicyclic) bond motifs is 1. The van der Waals surface area contributed by atoms with Crippen LogP contribution in [-0.4, -0.2) is 23.1 Å². The Morgan fingerprint density at radius 2 is 1.92 bits per heavy atom. The maximum absolute atomic E-state index is 12.3. The van der Waals surface area contributed by atoms with Crippen LogP contribution >= 0.6 is 0 Å². The van der Waals surface area contributed by atoms with Crippen molar-refractivity contribution in [3.8, 4) is 0 Å². The van der Waals surface area contributed by atoms with Crippen molar-refractivity contribution in [2.75, 3.05) is 11.9 Å². The van der Waals surface area contributed by atoms with Gasteiger partial charge in [-0.15, -0.1) is 0 Å². The summed E-state index contributed by atoms with van der Waals surface area (Å²) in [5.41, 5.74) is 2.59. The second kappa shape index (κ2) is 7.98. The normalized spacial score (nSPS) is 16.6. The smallest absolute Gasteiger partial charge is 0.309 e. The molecular formula is C22H36N2O2. The summed E-state index contributed by atoms with van der Waals surface area (Å²) in [6.07, 6.45) is 5.90. The predicted octanol–water partition coefficient (Wildman–Crippen LogP) is 5.33. The van der Waals surface area contributed by atoms with E-state index in [1.165, 1.54) is 11.1 Å². The van der Waals surface area contributed by atoms with Crippen LogP contribution in [0.15, 0.2) is 12.3 Å². The molecule has 4 heteroatoms. The van der Waals surface area contributed by atoms with E-state index in [-0.39, 0.29) is 17.3 Å². The third kappa shape index (κ3) is 6.00.